The van der Waals surface area contributed by atoms with Crippen LogP contribution in [0.4, 0.5) is 4.79 Å². The van der Waals surface area contributed by atoms with Crippen LogP contribution in [0.2, 0.25) is 0 Å². The van der Waals surface area contributed by atoms with Gasteiger partial charge in [0.25, 0.3) is 0 Å². The van der Waals surface area contributed by atoms with Gasteiger partial charge in [-0.1, -0.05) is 19.3 Å². The molecule has 1 amide bonds. The number of nitrogens with zero attached hydrogens (tertiary/aromatic N) is 1. The number of hydrogen-bond donors (Lipinski definition) is 1. The van der Waals surface area contributed by atoms with Gasteiger partial charge in [-0.25, -0.2) is 4.79 Å². The number of hydrogen-bond acceptors (Lipinski definition) is 3. The second-order valence-electron chi connectivity index (χ2n) is 8.50. The Bertz CT molecular complexity index is 374. The van der Waals surface area contributed by atoms with Gasteiger partial charge in [0, 0.05) is 18.6 Å². The zero-order valence-corrected chi connectivity index (χ0v) is 15.6. The highest BCUT2D eigenvalue weighted by Gasteiger charge is 2.31. The standard InChI is InChI=1S/C19H36N2O2/c1-15(20-12-11-16-8-7-9-16)14-17-10-5-6-13-21(17)18(22)23-19(2,3)4/h15-17,20H,5-14H2,1-4H3. The van der Waals surface area contributed by atoms with E-state index in [1.54, 1.807) is 0 Å². The van der Waals surface area contributed by atoms with E-state index in [9.17, 15) is 4.79 Å². The van der Waals surface area contributed by atoms with Gasteiger partial charge in [0.1, 0.15) is 5.60 Å². The van der Waals surface area contributed by atoms with Crippen molar-refractivity contribution >= 4 is 6.09 Å². The average molecular weight is 325 g/mol. The summed E-state index contributed by atoms with van der Waals surface area (Å²) >= 11 is 0. The molecule has 134 valence electrons. The fourth-order valence-corrected chi connectivity index (χ4v) is 3.61. The topological polar surface area (TPSA) is 41.6 Å². The van der Waals surface area contributed by atoms with Crippen LogP contribution in [-0.4, -0.2) is 41.8 Å². The molecule has 4 nitrogen and oxygen atoms in total. The largest absolute Gasteiger partial charge is 0.444 e. The molecule has 0 spiro atoms. The van der Waals surface area contributed by atoms with Crippen LogP contribution in [0.25, 0.3) is 0 Å². The van der Waals surface area contributed by atoms with Gasteiger partial charge in [-0.2, -0.15) is 0 Å². The van der Waals surface area contributed by atoms with Crippen LogP contribution in [0, 0.1) is 5.92 Å². The number of ether oxygens (including phenoxy) is 1. The van der Waals surface area contributed by atoms with Crippen molar-refractivity contribution in [2.75, 3.05) is 13.1 Å². The number of carbonyl (C=O) groups excluding carboxylic acids is 1. The number of amides is 1. The zero-order valence-electron chi connectivity index (χ0n) is 15.6. The van der Waals surface area contributed by atoms with Crippen LogP contribution in [-0.2, 0) is 4.74 Å². The Hall–Kier alpha value is -0.770. The van der Waals surface area contributed by atoms with E-state index < -0.39 is 5.60 Å². The molecule has 1 saturated carbocycles. The molecule has 23 heavy (non-hydrogen) atoms. The Morgan fingerprint density at radius 1 is 1.22 bits per heavy atom. The molecular formula is C19H36N2O2. The Morgan fingerprint density at radius 3 is 2.57 bits per heavy atom. The molecule has 0 aromatic heterocycles. The molecule has 2 rings (SSSR count). The van der Waals surface area contributed by atoms with Crippen LogP contribution >= 0.6 is 0 Å². The maximum Gasteiger partial charge on any atom is 0.410 e. The van der Waals surface area contributed by atoms with E-state index in [2.05, 4.69) is 12.2 Å². The monoisotopic (exact) mass is 324 g/mol. The molecule has 1 heterocycles. The third-order valence-corrected chi connectivity index (χ3v) is 5.15. The van der Waals surface area contributed by atoms with Crippen LogP contribution in [0.1, 0.15) is 79.1 Å². The minimum atomic E-state index is -0.411. The van der Waals surface area contributed by atoms with Gasteiger partial charge >= 0.3 is 6.09 Å². The van der Waals surface area contributed by atoms with E-state index >= 15 is 0 Å². The lowest BCUT2D eigenvalue weighted by atomic mass is 9.83. The lowest BCUT2D eigenvalue weighted by molar-refractivity contribution is 0.00789. The van der Waals surface area contributed by atoms with E-state index in [1.807, 2.05) is 25.7 Å². The predicted molar refractivity (Wildman–Crippen MR) is 94.6 cm³/mol. The summed E-state index contributed by atoms with van der Waals surface area (Å²) in [6.07, 6.45) is 9.90. The van der Waals surface area contributed by atoms with Gasteiger partial charge in [-0.05, 0) is 72.3 Å². The highest BCUT2D eigenvalue weighted by atomic mass is 16.6. The summed E-state index contributed by atoms with van der Waals surface area (Å²) in [5.41, 5.74) is -0.411. The van der Waals surface area contributed by atoms with Gasteiger partial charge in [0.15, 0.2) is 0 Å². The van der Waals surface area contributed by atoms with E-state index in [-0.39, 0.29) is 6.09 Å². The summed E-state index contributed by atoms with van der Waals surface area (Å²) in [6, 6.07) is 0.785. The fourth-order valence-electron chi connectivity index (χ4n) is 3.61. The van der Waals surface area contributed by atoms with Gasteiger partial charge in [-0.3, -0.25) is 0 Å². The minimum absolute atomic E-state index is 0.135. The summed E-state index contributed by atoms with van der Waals surface area (Å²) in [5, 5.41) is 3.66. The van der Waals surface area contributed by atoms with Crippen LogP contribution in [0.3, 0.4) is 0 Å². The second kappa shape index (κ2) is 8.36. The van der Waals surface area contributed by atoms with Crippen molar-refractivity contribution in [3.05, 3.63) is 0 Å². The van der Waals surface area contributed by atoms with Crippen molar-refractivity contribution in [3.8, 4) is 0 Å². The van der Waals surface area contributed by atoms with Gasteiger partial charge in [0.05, 0.1) is 0 Å². The highest BCUT2D eigenvalue weighted by molar-refractivity contribution is 5.68. The first-order valence-corrected chi connectivity index (χ1v) is 9.58. The number of carbonyl (C=O) groups is 1. The van der Waals surface area contributed by atoms with Crippen molar-refractivity contribution < 1.29 is 9.53 Å². The summed E-state index contributed by atoms with van der Waals surface area (Å²) in [4.78, 5) is 14.4. The lowest BCUT2D eigenvalue weighted by Crippen LogP contribution is -2.48. The molecule has 2 atom stereocenters. The van der Waals surface area contributed by atoms with Crippen molar-refractivity contribution in [1.29, 1.82) is 0 Å². The maximum atomic E-state index is 12.4. The Labute approximate surface area is 142 Å². The van der Waals surface area contributed by atoms with Crippen molar-refractivity contribution in [2.45, 2.75) is 96.7 Å². The molecule has 0 radical (unpaired) electrons. The molecule has 0 bridgehead atoms. The Kier molecular flexibility index (Phi) is 6.75. The number of piperidine rings is 1. The third-order valence-electron chi connectivity index (χ3n) is 5.15. The number of nitrogens with one attached hydrogen (secondary N) is 1. The van der Waals surface area contributed by atoms with Crippen LogP contribution in [0.5, 0.6) is 0 Å². The molecule has 0 aromatic rings. The van der Waals surface area contributed by atoms with Gasteiger partial charge < -0.3 is 15.0 Å². The minimum Gasteiger partial charge on any atom is -0.444 e. The second-order valence-corrected chi connectivity index (χ2v) is 8.50. The van der Waals surface area contributed by atoms with Crippen molar-refractivity contribution in [2.24, 2.45) is 5.92 Å². The zero-order chi connectivity index (χ0) is 16.9. The molecule has 0 aromatic carbocycles. The first-order valence-electron chi connectivity index (χ1n) is 9.58. The fraction of sp³-hybridized carbons (Fsp3) is 0.947. The van der Waals surface area contributed by atoms with E-state index in [0.717, 1.165) is 38.3 Å². The molecular weight excluding hydrogens is 288 g/mol. The quantitative estimate of drug-likeness (QED) is 0.790. The van der Waals surface area contributed by atoms with Gasteiger partial charge in [-0.15, -0.1) is 0 Å². The van der Waals surface area contributed by atoms with Crippen molar-refractivity contribution in [1.82, 2.24) is 10.2 Å². The molecule has 2 unspecified atom stereocenters. The Balaban J connectivity index is 1.76. The third kappa shape index (κ3) is 6.33. The van der Waals surface area contributed by atoms with E-state index in [0.29, 0.717) is 12.1 Å². The molecule has 1 saturated heterocycles. The van der Waals surface area contributed by atoms with Crippen LogP contribution < -0.4 is 5.32 Å². The molecule has 2 fully saturated rings. The smallest absolute Gasteiger partial charge is 0.410 e. The van der Waals surface area contributed by atoms with E-state index in [4.69, 9.17) is 4.74 Å². The van der Waals surface area contributed by atoms with Crippen molar-refractivity contribution in [3.63, 3.8) is 0 Å². The summed E-state index contributed by atoms with van der Waals surface area (Å²) in [6.45, 7) is 10.0. The SMILES string of the molecule is CC(CC1CCCCN1C(=O)OC(C)(C)C)NCCC1CCC1. The maximum absolute atomic E-state index is 12.4. The average Bonchev–Trinajstić information content (AvgIpc) is 2.40. The summed E-state index contributed by atoms with van der Waals surface area (Å²) in [5.74, 6) is 0.961. The normalized spacial score (nSPS) is 24.2. The van der Waals surface area contributed by atoms with E-state index in [1.165, 1.54) is 32.1 Å². The number of rotatable bonds is 6. The lowest BCUT2D eigenvalue weighted by Gasteiger charge is -2.38. The number of likely N-dealkylation sites (tertiary alicyclic amines) is 1. The predicted octanol–water partition coefficient (Wildman–Crippen LogP) is 4.33. The van der Waals surface area contributed by atoms with Gasteiger partial charge in [0.2, 0.25) is 0 Å². The Morgan fingerprint density at radius 2 is 1.96 bits per heavy atom. The first kappa shape index (κ1) is 18.6. The highest BCUT2D eigenvalue weighted by Crippen LogP contribution is 2.29. The first-order chi connectivity index (χ1) is 10.8. The molecule has 2 aliphatic rings. The summed E-state index contributed by atoms with van der Waals surface area (Å²) < 4.78 is 5.59. The molecule has 1 aliphatic carbocycles. The summed E-state index contributed by atoms with van der Waals surface area (Å²) in [7, 11) is 0. The van der Waals surface area contributed by atoms with Crippen LogP contribution in [0.15, 0.2) is 0 Å². The molecule has 1 aliphatic heterocycles. The molecule has 4 heteroatoms. The molecule has 1 N–H and O–H groups in total.